The number of allylic oxidation sites excluding steroid dienone is 2. The fourth-order valence-electron chi connectivity index (χ4n) is 3.51. The van der Waals surface area contributed by atoms with E-state index in [1.54, 1.807) is 18.2 Å². The predicted octanol–water partition coefficient (Wildman–Crippen LogP) is 3.61. The van der Waals surface area contributed by atoms with Crippen molar-refractivity contribution < 1.29 is 24.9 Å². The van der Waals surface area contributed by atoms with Crippen LogP contribution in [0.15, 0.2) is 53.6 Å². The van der Waals surface area contributed by atoms with E-state index in [0.29, 0.717) is 35.1 Å². The van der Waals surface area contributed by atoms with Crippen LogP contribution in [0.2, 0.25) is 0 Å². The number of ether oxygens (including phenoxy) is 1. The maximum atomic E-state index is 12.6. The van der Waals surface area contributed by atoms with Crippen molar-refractivity contribution in [1.29, 1.82) is 0 Å². The minimum atomic E-state index is -2.06. The van der Waals surface area contributed by atoms with E-state index in [9.17, 15) is 20.1 Å². The number of rotatable bonds is 4. The monoisotopic (exact) mass is 380 g/mol. The summed E-state index contributed by atoms with van der Waals surface area (Å²) in [7, 11) is 1.21. The lowest BCUT2D eigenvalue weighted by molar-refractivity contribution is -0.158. The Labute approximate surface area is 164 Å². The van der Waals surface area contributed by atoms with Gasteiger partial charge in [-0.2, -0.15) is 0 Å². The van der Waals surface area contributed by atoms with Crippen LogP contribution in [0.3, 0.4) is 0 Å². The van der Waals surface area contributed by atoms with E-state index in [-0.39, 0.29) is 17.1 Å². The van der Waals surface area contributed by atoms with Crippen LogP contribution in [0.5, 0.6) is 11.5 Å². The summed E-state index contributed by atoms with van der Waals surface area (Å²) in [6.45, 7) is 3.93. The minimum Gasteiger partial charge on any atom is -0.508 e. The van der Waals surface area contributed by atoms with E-state index in [2.05, 4.69) is 0 Å². The van der Waals surface area contributed by atoms with Gasteiger partial charge in [0.25, 0.3) is 0 Å². The summed E-state index contributed by atoms with van der Waals surface area (Å²) < 4.78 is 4.88. The first kappa shape index (κ1) is 19.7. The van der Waals surface area contributed by atoms with Gasteiger partial charge >= 0.3 is 5.97 Å². The van der Waals surface area contributed by atoms with Crippen molar-refractivity contribution in [3.8, 4) is 11.5 Å². The van der Waals surface area contributed by atoms with Gasteiger partial charge in [-0.05, 0) is 61.1 Å². The number of carbonyl (C=O) groups excluding carboxylic acids is 1. The number of hydrogen-bond donors (Lipinski definition) is 3. The Morgan fingerprint density at radius 3 is 2.43 bits per heavy atom. The second-order valence-electron chi connectivity index (χ2n) is 7.23. The zero-order valence-electron chi connectivity index (χ0n) is 16.2. The lowest BCUT2D eigenvalue weighted by Crippen LogP contribution is -2.36. The molecule has 28 heavy (non-hydrogen) atoms. The fourth-order valence-corrected chi connectivity index (χ4v) is 3.51. The molecule has 3 N–H and O–H groups in total. The molecule has 2 aromatic rings. The molecule has 3 rings (SSSR count). The van der Waals surface area contributed by atoms with Gasteiger partial charge in [-0.25, -0.2) is 4.79 Å². The maximum Gasteiger partial charge on any atom is 0.347 e. The van der Waals surface area contributed by atoms with Crippen LogP contribution in [0.4, 0.5) is 0 Å². The van der Waals surface area contributed by atoms with Crippen molar-refractivity contribution in [1.82, 2.24) is 0 Å². The van der Waals surface area contributed by atoms with Crippen molar-refractivity contribution in [3.63, 3.8) is 0 Å². The summed E-state index contributed by atoms with van der Waals surface area (Å²) >= 11 is 0. The van der Waals surface area contributed by atoms with Gasteiger partial charge in [-0.15, -0.1) is 0 Å². The summed E-state index contributed by atoms with van der Waals surface area (Å²) in [5.41, 5.74) is 1.67. The number of esters is 1. The Morgan fingerprint density at radius 1 is 1.14 bits per heavy atom. The van der Waals surface area contributed by atoms with Gasteiger partial charge in [0, 0.05) is 5.56 Å². The molecule has 0 saturated heterocycles. The van der Waals surface area contributed by atoms with Crippen molar-refractivity contribution in [3.05, 3.63) is 75.9 Å². The smallest absolute Gasteiger partial charge is 0.347 e. The summed E-state index contributed by atoms with van der Waals surface area (Å²) in [6, 6.07) is 10.1. The van der Waals surface area contributed by atoms with Crippen LogP contribution >= 0.6 is 0 Å². The van der Waals surface area contributed by atoms with Gasteiger partial charge in [-0.1, -0.05) is 42.0 Å². The number of phenolic OH excluding ortho intramolecular Hbond substituents is 2. The van der Waals surface area contributed by atoms with Gasteiger partial charge in [0.1, 0.15) is 11.5 Å². The van der Waals surface area contributed by atoms with E-state index < -0.39 is 11.6 Å². The van der Waals surface area contributed by atoms with Crippen LogP contribution in [-0.4, -0.2) is 28.4 Å². The van der Waals surface area contributed by atoms with Crippen LogP contribution in [0.25, 0.3) is 6.08 Å². The minimum absolute atomic E-state index is 0.0861. The molecular formula is C23H24O5. The average Bonchev–Trinajstić information content (AvgIpc) is 2.95. The van der Waals surface area contributed by atoms with Gasteiger partial charge in [-0.3, -0.25) is 0 Å². The number of benzene rings is 2. The predicted molar refractivity (Wildman–Crippen MR) is 107 cm³/mol. The Kier molecular flexibility index (Phi) is 5.29. The molecular weight excluding hydrogens is 356 g/mol. The highest BCUT2D eigenvalue weighted by Crippen LogP contribution is 2.48. The van der Waals surface area contributed by atoms with E-state index in [1.165, 1.54) is 19.2 Å². The molecule has 1 atom stereocenters. The Hall–Kier alpha value is -3.05. The van der Waals surface area contributed by atoms with Gasteiger partial charge in [0.2, 0.25) is 5.60 Å². The van der Waals surface area contributed by atoms with Crippen molar-refractivity contribution >= 4 is 12.0 Å². The number of aromatic hydroxyl groups is 2. The zero-order valence-corrected chi connectivity index (χ0v) is 16.2. The Bertz CT molecular complexity index is 965. The number of carbonyl (C=O) groups is 1. The molecule has 0 radical (unpaired) electrons. The van der Waals surface area contributed by atoms with Gasteiger partial charge in [0.15, 0.2) is 0 Å². The summed E-state index contributed by atoms with van der Waals surface area (Å²) in [4.78, 5) is 12.6. The molecule has 146 valence electrons. The zero-order chi connectivity index (χ0) is 20.5. The van der Waals surface area contributed by atoms with Crippen molar-refractivity contribution in [2.75, 3.05) is 7.11 Å². The topological polar surface area (TPSA) is 87.0 Å². The molecule has 0 amide bonds. The number of phenols is 2. The molecule has 0 aromatic heterocycles. The van der Waals surface area contributed by atoms with E-state index in [1.807, 2.05) is 32.1 Å². The molecule has 0 saturated carbocycles. The molecule has 2 aromatic carbocycles. The second-order valence-corrected chi connectivity index (χ2v) is 7.23. The number of fused-ring (bicyclic) bond motifs is 1. The third-order valence-electron chi connectivity index (χ3n) is 5.00. The van der Waals surface area contributed by atoms with Crippen LogP contribution in [-0.2, 0) is 28.0 Å². The lowest BCUT2D eigenvalue weighted by atomic mass is 9.88. The molecule has 1 unspecified atom stereocenters. The number of aliphatic hydroxyl groups is 1. The first-order chi connectivity index (χ1) is 13.3. The van der Waals surface area contributed by atoms with Crippen LogP contribution in [0.1, 0.15) is 36.1 Å². The highest BCUT2D eigenvalue weighted by atomic mass is 16.5. The highest BCUT2D eigenvalue weighted by molar-refractivity contribution is 5.91. The lowest BCUT2D eigenvalue weighted by Gasteiger charge is -2.24. The van der Waals surface area contributed by atoms with Crippen molar-refractivity contribution in [2.45, 2.75) is 32.3 Å². The molecule has 0 aliphatic heterocycles. The van der Waals surface area contributed by atoms with E-state index >= 15 is 0 Å². The SMILES string of the molecule is COC(=O)C1(O)/C(=C\c2ccc(O)cc2)Cc2ccc(CC=C(C)C)c(O)c21. The Balaban J connectivity index is 2.14. The Morgan fingerprint density at radius 2 is 1.82 bits per heavy atom. The quantitative estimate of drug-likeness (QED) is 0.557. The third kappa shape index (κ3) is 3.41. The van der Waals surface area contributed by atoms with E-state index in [0.717, 1.165) is 5.57 Å². The standard InChI is InChI=1S/C23H24O5/c1-14(2)4-7-16-8-9-17-13-18(12-15-5-10-19(24)11-6-15)23(27,22(26)28-3)20(17)21(16)25/h4-6,8-12,24-25,27H,7,13H2,1-3H3/b18-12-. The average molecular weight is 380 g/mol. The first-order valence-corrected chi connectivity index (χ1v) is 9.05. The molecule has 0 bridgehead atoms. The van der Waals surface area contributed by atoms with Gasteiger partial charge < -0.3 is 20.1 Å². The number of hydrogen-bond acceptors (Lipinski definition) is 5. The van der Waals surface area contributed by atoms with Crippen LogP contribution < -0.4 is 0 Å². The molecule has 5 nitrogen and oxygen atoms in total. The largest absolute Gasteiger partial charge is 0.508 e. The van der Waals surface area contributed by atoms with Gasteiger partial charge in [0.05, 0.1) is 7.11 Å². The first-order valence-electron chi connectivity index (χ1n) is 9.05. The molecule has 5 heteroatoms. The molecule has 0 spiro atoms. The summed E-state index contributed by atoms with van der Waals surface area (Å²) in [6.07, 6.45) is 4.46. The van der Waals surface area contributed by atoms with Crippen LogP contribution in [0, 0.1) is 0 Å². The van der Waals surface area contributed by atoms with E-state index in [4.69, 9.17) is 4.74 Å². The summed E-state index contributed by atoms with van der Waals surface area (Å²) in [5.74, 6) is -0.801. The highest BCUT2D eigenvalue weighted by Gasteiger charge is 2.51. The second kappa shape index (κ2) is 7.52. The normalized spacial score (nSPS) is 19.4. The molecule has 0 heterocycles. The molecule has 1 aliphatic rings. The maximum absolute atomic E-state index is 12.6. The summed E-state index contributed by atoms with van der Waals surface area (Å²) in [5, 5.41) is 31.7. The van der Waals surface area contributed by atoms with Crippen molar-refractivity contribution in [2.24, 2.45) is 0 Å². The molecule has 0 fully saturated rings. The number of methoxy groups -OCH3 is 1. The fraction of sp³-hybridized carbons (Fsp3) is 0.261. The molecule has 1 aliphatic carbocycles. The third-order valence-corrected chi connectivity index (χ3v) is 5.00.